The van der Waals surface area contributed by atoms with Crippen LogP contribution in [0.15, 0.2) is 61.1 Å². The number of benzene rings is 2. The Kier molecular flexibility index (Phi) is 5.40. The summed E-state index contributed by atoms with van der Waals surface area (Å²) in [6.45, 7) is 4.30. The fourth-order valence-corrected chi connectivity index (χ4v) is 4.58. The summed E-state index contributed by atoms with van der Waals surface area (Å²) in [7, 11) is 0. The highest BCUT2D eigenvalue weighted by Gasteiger charge is 2.17. The molecule has 0 aliphatic carbocycles. The first-order chi connectivity index (χ1) is 17.1. The van der Waals surface area contributed by atoms with Crippen LogP contribution in [-0.4, -0.2) is 57.3 Å². The summed E-state index contributed by atoms with van der Waals surface area (Å²) in [5.41, 5.74) is 11.8. The van der Waals surface area contributed by atoms with Crippen LogP contribution in [0.25, 0.3) is 32.9 Å². The number of fused-ring (bicyclic) bond motifs is 2. The van der Waals surface area contributed by atoms with E-state index in [9.17, 15) is 4.79 Å². The monoisotopic (exact) mass is 467 g/mol. The molecule has 5 N–H and O–H groups in total. The quantitative estimate of drug-likeness (QED) is 0.312. The number of nitrogens with one attached hydrogen (secondary N) is 3. The van der Waals surface area contributed by atoms with E-state index in [-0.39, 0.29) is 5.91 Å². The fraction of sp³-hybridized carbons (Fsp3) is 0.192. The van der Waals surface area contributed by atoms with Crippen molar-refractivity contribution in [3.8, 4) is 11.1 Å². The third-order valence-electron chi connectivity index (χ3n) is 6.41. The Morgan fingerprint density at radius 1 is 1.11 bits per heavy atom. The molecule has 5 aromatic rings. The van der Waals surface area contributed by atoms with Gasteiger partial charge in [-0.2, -0.15) is 5.10 Å². The molecule has 2 aromatic carbocycles. The second-order valence-electron chi connectivity index (χ2n) is 8.75. The number of anilines is 2. The Bertz CT molecular complexity index is 1510. The number of nitrogen functional groups attached to an aromatic ring is 1. The van der Waals surface area contributed by atoms with Crippen LogP contribution in [0.3, 0.4) is 0 Å². The number of ether oxygens (including phenoxy) is 1. The highest BCUT2D eigenvalue weighted by Crippen LogP contribution is 2.33. The van der Waals surface area contributed by atoms with Crippen molar-refractivity contribution in [2.45, 2.75) is 6.54 Å². The predicted octanol–water partition coefficient (Wildman–Crippen LogP) is 3.77. The van der Waals surface area contributed by atoms with E-state index in [1.165, 1.54) is 5.56 Å². The lowest BCUT2D eigenvalue weighted by Crippen LogP contribution is -2.35. The number of hydrogen-bond donors (Lipinski definition) is 4. The maximum Gasteiger partial charge on any atom is 0.257 e. The maximum absolute atomic E-state index is 13.3. The number of amides is 1. The highest BCUT2D eigenvalue weighted by atomic mass is 16.5. The van der Waals surface area contributed by atoms with Gasteiger partial charge >= 0.3 is 0 Å². The number of nitrogens with two attached hydrogens (primary N) is 1. The molecule has 1 amide bonds. The molecular weight excluding hydrogens is 442 g/mol. The van der Waals surface area contributed by atoms with Gasteiger partial charge in [0.2, 0.25) is 0 Å². The van der Waals surface area contributed by atoms with Crippen LogP contribution >= 0.6 is 0 Å². The van der Waals surface area contributed by atoms with Gasteiger partial charge in [-0.05, 0) is 41.5 Å². The number of morpholine rings is 1. The van der Waals surface area contributed by atoms with E-state index < -0.39 is 0 Å². The second-order valence-corrected chi connectivity index (χ2v) is 8.75. The Balaban J connectivity index is 1.28. The van der Waals surface area contributed by atoms with Gasteiger partial charge in [-0.3, -0.25) is 14.8 Å². The van der Waals surface area contributed by atoms with Crippen LogP contribution in [0.1, 0.15) is 15.9 Å². The van der Waals surface area contributed by atoms with Crippen molar-refractivity contribution < 1.29 is 9.53 Å². The first-order valence-electron chi connectivity index (χ1n) is 11.5. The van der Waals surface area contributed by atoms with Gasteiger partial charge in [-0.1, -0.05) is 12.1 Å². The van der Waals surface area contributed by atoms with E-state index in [2.05, 4.69) is 42.5 Å². The van der Waals surface area contributed by atoms with Crippen molar-refractivity contribution in [1.82, 2.24) is 25.1 Å². The normalized spacial score (nSPS) is 14.5. The van der Waals surface area contributed by atoms with Gasteiger partial charge in [0.1, 0.15) is 5.82 Å². The van der Waals surface area contributed by atoms with Crippen LogP contribution in [0.2, 0.25) is 0 Å². The standard InChI is InChI=1S/C26H25N7O2/c27-24-11-20-22(13-28-23(20)14-29-24)17-9-18-12-30-32-25(18)21(10-17)26(34)31-19-3-1-16(2-4-19)15-33-5-7-35-8-6-33/h1-4,9-14,28H,5-8,15H2,(H2,27,29)(H,30,32)(H,31,34). The van der Waals surface area contributed by atoms with Gasteiger partial charge in [-0.25, -0.2) is 4.98 Å². The van der Waals surface area contributed by atoms with E-state index >= 15 is 0 Å². The molecular formula is C26H25N7O2. The molecule has 9 heteroatoms. The Labute approximate surface area is 201 Å². The third kappa shape index (κ3) is 4.23. The number of nitrogens with zero attached hydrogens (tertiary/aromatic N) is 3. The summed E-state index contributed by atoms with van der Waals surface area (Å²) < 4.78 is 5.42. The molecule has 0 spiro atoms. The first kappa shape index (κ1) is 21.3. The van der Waals surface area contributed by atoms with Crippen molar-refractivity contribution >= 4 is 39.2 Å². The van der Waals surface area contributed by atoms with E-state index in [0.29, 0.717) is 16.9 Å². The molecule has 176 valence electrons. The number of H-pyrrole nitrogens is 2. The van der Waals surface area contributed by atoms with Gasteiger partial charge in [0, 0.05) is 47.9 Å². The zero-order chi connectivity index (χ0) is 23.8. The molecule has 1 fully saturated rings. The van der Waals surface area contributed by atoms with Gasteiger partial charge in [-0.15, -0.1) is 0 Å². The van der Waals surface area contributed by atoms with Crippen LogP contribution in [0, 0.1) is 0 Å². The fourth-order valence-electron chi connectivity index (χ4n) is 4.58. The number of aromatic amines is 2. The first-order valence-corrected chi connectivity index (χ1v) is 11.5. The number of carbonyl (C=O) groups is 1. The number of rotatable bonds is 5. The average Bonchev–Trinajstić information content (AvgIpc) is 3.52. The number of hydrogen-bond acceptors (Lipinski definition) is 6. The number of carbonyl (C=O) groups excluding carboxylic acids is 1. The van der Waals surface area contributed by atoms with Gasteiger partial charge in [0.25, 0.3) is 5.91 Å². The molecule has 1 aliphatic rings. The molecule has 0 unspecified atom stereocenters. The molecule has 4 heterocycles. The van der Waals surface area contributed by atoms with Gasteiger partial charge in [0.05, 0.1) is 42.2 Å². The lowest BCUT2D eigenvalue weighted by atomic mass is 9.99. The maximum atomic E-state index is 13.3. The average molecular weight is 468 g/mol. The summed E-state index contributed by atoms with van der Waals surface area (Å²) in [5.74, 6) is 0.237. The van der Waals surface area contributed by atoms with Crippen molar-refractivity contribution in [3.63, 3.8) is 0 Å². The van der Waals surface area contributed by atoms with Crippen molar-refractivity contribution in [3.05, 3.63) is 72.2 Å². The Morgan fingerprint density at radius 3 is 2.77 bits per heavy atom. The minimum absolute atomic E-state index is 0.206. The molecule has 6 rings (SSSR count). The van der Waals surface area contributed by atoms with E-state index in [1.54, 1.807) is 12.4 Å². The Morgan fingerprint density at radius 2 is 1.94 bits per heavy atom. The minimum Gasteiger partial charge on any atom is -0.384 e. The topological polar surface area (TPSA) is 125 Å². The molecule has 9 nitrogen and oxygen atoms in total. The van der Waals surface area contributed by atoms with Crippen molar-refractivity contribution in [2.24, 2.45) is 0 Å². The van der Waals surface area contributed by atoms with Gasteiger partial charge < -0.3 is 20.8 Å². The van der Waals surface area contributed by atoms with Crippen molar-refractivity contribution in [2.75, 3.05) is 37.4 Å². The van der Waals surface area contributed by atoms with Crippen LogP contribution < -0.4 is 11.1 Å². The smallest absolute Gasteiger partial charge is 0.257 e. The van der Waals surface area contributed by atoms with E-state index in [4.69, 9.17) is 10.5 Å². The molecule has 3 aromatic heterocycles. The molecule has 0 bridgehead atoms. The molecule has 0 atom stereocenters. The molecule has 1 aliphatic heterocycles. The number of pyridine rings is 1. The largest absolute Gasteiger partial charge is 0.384 e. The molecule has 0 radical (unpaired) electrons. The van der Waals surface area contributed by atoms with Gasteiger partial charge in [0.15, 0.2) is 0 Å². The predicted molar refractivity (Wildman–Crippen MR) is 136 cm³/mol. The zero-order valence-electron chi connectivity index (χ0n) is 19.0. The Hall–Kier alpha value is -4.21. The lowest BCUT2D eigenvalue weighted by molar-refractivity contribution is 0.0342. The molecule has 0 saturated carbocycles. The molecule has 35 heavy (non-hydrogen) atoms. The summed E-state index contributed by atoms with van der Waals surface area (Å²) in [4.78, 5) is 23.1. The highest BCUT2D eigenvalue weighted by molar-refractivity contribution is 6.13. The third-order valence-corrected chi connectivity index (χ3v) is 6.41. The van der Waals surface area contributed by atoms with E-state index in [1.807, 2.05) is 36.5 Å². The summed E-state index contributed by atoms with van der Waals surface area (Å²) in [5, 5.41) is 12.0. The summed E-state index contributed by atoms with van der Waals surface area (Å²) in [6, 6.07) is 13.7. The van der Waals surface area contributed by atoms with Crippen molar-refractivity contribution in [1.29, 1.82) is 0 Å². The van der Waals surface area contributed by atoms with Crippen LogP contribution in [0.4, 0.5) is 11.5 Å². The SMILES string of the molecule is Nc1cc2c(-c3cc(C(=O)Nc4ccc(CN5CCOCC5)cc4)c4[nH]ncc4c3)c[nH]c2cn1. The molecule has 1 saturated heterocycles. The zero-order valence-corrected chi connectivity index (χ0v) is 19.0. The second kappa shape index (κ2) is 8.86. The summed E-state index contributed by atoms with van der Waals surface area (Å²) >= 11 is 0. The van der Waals surface area contributed by atoms with Crippen LogP contribution in [-0.2, 0) is 11.3 Å². The summed E-state index contributed by atoms with van der Waals surface area (Å²) in [6.07, 6.45) is 5.34. The lowest BCUT2D eigenvalue weighted by Gasteiger charge is -2.26. The number of aromatic nitrogens is 4. The van der Waals surface area contributed by atoms with E-state index in [0.717, 1.165) is 66.0 Å². The minimum atomic E-state index is -0.206. The van der Waals surface area contributed by atoms with Crippen LogP contribution in [0.5, 0.6) is 0 Å².